The Morgan fingerprint density at radius 3 is 2.60 bits per heavy atom. The number of rotatable bonds is 3. The standard InChI is InChI=1S/C13H6F2N2O3/c14-10-6-13(11(15)5-12(10)17(18)19)20-9-3-1-2-8(4-9)7-16/h1-6H. The van der Waals surface area contributed by atoms with Gasteiger partial charge in [-0.3, -0.25) is 10.1 Å². The molecule has 20 heavy (non-hydrogen) atoms. The summed E-state index contributed by atoms with van der Waals surface area (Å²) in [7, 11) is 0. The van der Waals surface area contributed by atoms with Crippen LogP contribution in [0.15, 0.2) is 36.4 Å². The van der Waals surface area contributed by atoms with Crippen molar-refractivity contribution < 1.29 is 18.4 Å². The van der Waals surface area contributed by atoms with Crippen LogP contribution < -0.4 is 4.74 Å². The lowest BCUT2D eigenvalue weighted by atomic mass is 10.2. The number of nitriles is 1. The molecule has 5 nitrogen and oxygen atoms in total. The van der Waals surface area contributed by atoms with Crippen LogP contribution in [-0.4, -0.2) is 4.92 Å². The van der Waals surface area contributed by atoms with Gasteiger partial charge in [-0.2, -0.15) is 9.65 Å². The van der Waals surface area contributed by atoms with Crippen LogP contribution in [0.2, 0.25) is 0 Å². The summed E-state index contributed by atoms with van der Waals surface area (Å²) in [5.41, 5.74) is -0.689. The maximum Gasteiger partial charge on any atom is 0.307 e. The highest BCUT2D eigenvalue weighted by atomic mass is 19.1. The van der Waals surface area contributed by atoms with Crippen LogP contribution in [-0.2, 0) is 0 Å². The summed E-state index contributed by atoms with van der Waals surface area (Å²) in [5.74, 6) is -2.65. The first-order valence-electron chi connectivity index (χ1n) is 5.32. The van der Waals surface area contributed by atoms with E-state index in [1.807, 2.05) is 6.07 Å². The van der Waals surface area contributed by atoms with Gasteiger partial charge in [0.25, 0.3) is 0 Å². The Hall–Kier alpha value is -3.01. The Kier molecular flexibility index (Phi) is 3.57. The highest BCUT2D eigenvalue weighted by Crippen LogP contribution is 2.30. The normalized spacial score (nSPS) is 9.85. The molecule has 2 aromatic rings. The minimum absolute atomic E-state index is 0.121. The van der Waals surface area contributed by atoms with Crippen molar-refractivity contribution in [1.29, 1.82) is 5.26 Å². The van der Waals surface area contributed by atoms with Crippen molar-refractivity contribution in [1.82, 2.24) is 0 Å². The number of nitrogens with zero attached hydrogens (tertiary/aromatic N) is 2. The summed E-state index contributed by atoms with van der Waals surface area (Å²) in [6.07, 6.45) is 0. The fourth-order valence-electron chi connectivity index (χ4n) is 1.49. The van der Waals surface area contributed by atoms with Crippen LogP contribution in [0.25, 0.3) is 0 Å². The number of ether oxygens (including phenoxy) is 1. The molecule has 0 fully saturated rings. The van der Waals surface area contributed by atoms with Gasteiger partial charge in [-0.05, 0) is 18.2 Å². The van der Waals surface area contributed by atoms with Crippen LogP contribution in [0.1, 0.15) is 5.56 Å². The van der Waals surface area contributed by atoms with E-state index in [2.05, 4.69) is 0 Å². The molecule has 0 atom stereocenters. The largest absolute Gasteiger partial charge is 0.454 e. The summed E-state index contributed by atoms with van der Waals surface area (Å²) in [5, 5.41) is 19.2. The zero-order valence-electron chi connectivity index (χ0n) is 9.84. The lowest BCUT2D eigenvalue weighted by Gasteiger charge is -2.07. The van der Waals surface area contributed by atoms with Gasteiger partial charge in [0.2, 0.25) is 5.82 Å². The molecule has 0 spiro atoms. The van der Waals surface area contributed by atoms with E-state index in [1.54, 1.807) is 0 Å². The predicted molar refractivity (Wildman–Crippen MR) is 64.2 cm³/mol. The Morgan fingerprint density at radius 1 is 1.20 bits per heavy atom. The number of hydrogen-bond acceptors (Lipinski definition) is 4. The second-order valence-electron chi connectivity index (χ2n) is 3.73. The van der Waals surface area contributed by atoms with Crippen LogP contribution in [0.5, 0.6) is 11.5 Å². The quantitative estimate of drug-likeness (QED) is 0.634. The van der Waals surface area contributed by atoms with E-state index in [4.69, 9.17) is 10.00 Å². The molecule has 7 heteroatoms. The summed E-state index contributed by atoms with van der Waals surface area (Å²) in [6.45, 7) is 0. The second kappa shape index (κ2) is 5.32. The molecule has 0 aromatic heterocycles. The van der Waals surface area contributed by atoms with Gasteiger partial charge in [-0.25, -0.2) is 4.39 Å². The van der Waals surface area contributed by atoms with Gasteiger partial charge in [0.1, 0.15) is 5.75 Å². The van der Waals surface area contributed by atoms with Crippen molar-refractivity contribution in [3.05, 3.63) is 63.7 Å². The third-order valence-electron chi connectivity index (χ3n) is 2.39. The summed E-state index contributed by atoms with van der Waals surface area (Å²) < 4.78 is 32.1. The van der Waals surface area contributed by atoms with E-state index >= 15 is 0 Å². The Bertz CT molecular complexity index is 726. The molecule has 0 bridgehead atoms. The fraction of sp³-hybridized carbons (Fsp3) is 0. The molecule has 100 valence electrons. The highest BCUT2D eigenvalue weighted by Gasteiger charge is 2.19. The van der Waals surface area contributed by atoms with E-state index in [0.717, 1.165) is 0 Å². The second-order valence-corrected chi connectivity index (χ2v) is 3.73. The molecule has 0 unspecified atom stereocenters. The average Bonchev–Trinajstić information content (AvgIpc) is 2.42. The number of benzene rings is 2. The third kappa shape index (κ3) is 2.70. The van der Waals surface area contributed by atoms with Gasteiger partial charge in [0.05, 0.1) is 22.6 Å². The number of nitro groups is 1. The zero-order valence-corrected chi connectivity index (χ0v) is 9.84. The fourth-order valence-corrected chi connectivity index (χ4v) is 1.49. The molecule has 0 heterocycles. The predicted octanol–water partition coefficient (Wildman–Crippen LogP) is 3.54. The minimum Gasteiger partial charge on any atom is -0.454 e. The van der Waals surface area contributed by atoms with Crippen molar-refractivity contribution in [3.8, 4) is 17.6 Å². The van der Waals surface area contributed by atoms with Crippen LogP contribution in [0, 0.1) is 33.1 Å². The minimum atomic E-state index is -1.21. The molecule has 0 aliphatic carbocycles. The van der Waals surface area contributed by atoms with E-state index < -0.39 is 28.0 Å². The van der Waals surface area contributed by atoms with Gasteiger partial charge >= 0.3 is 5.69 Å². The number of hydrogen-bond donors (Lipinski definition) is 0. The molecule has 0 radical (unpaired) electrons. The first-order valence-corrected chi connectivity index (χ1v) is 5.32. The van der Waals surface area contributed by atoms with Crippen LogP contribution in [0.3, 0.4) is 0 Å². The van der Waals surface area contributed by atoms with Gasteiger partial charge in [0.15, 0.2) is 11.6 Å². The molecule has 0 aliphatic rings. The smallest absolute Gasteiger partial charge is 0.307 e. The monoisotopic (exact) mass is 276 g/mol. The van der Waals surface area contributed by atoms with Crippen molar-refractivity contribution in [2.75, 3.05) is 0 Å². The maximum absolute atomic E-state index is 13.6. The molecule has 0 amide bonds. The Morgan fingerprint density at radius 2 is 1.95 bits per heavy atom. The van der Waals surface area contributed by atoms with E-state index in [0.29, 0.717) is 12.1 Å². The maximum atomic E-state index is 13.6. The van der Waals surface area contributed by atoms with Crippen molar-refractivity contribution >= 4 is 5.69 Å². The van der Waals surface area contributed by atoms with E-state index in [1.165, 1.54) is 24.3 Å². The summed E-state index contributed by atoms with van der Waals surface area (Å²) in [4.78, 5) is 9.42. The van der Waals surface area contributed by atoms with E-state index in [9.17, 15) is 18.9 Å². The summed E-state index contributed by atoms with van der Waals surface area (Å²) in [6, 6.07) is 8.70. The SMILES string of the molecule is N#Cc1cccc(Oc2cc(F)c([N+](=O)[O-])cc2F)c1. The molecular formula is C13H6F2N2O3. The molecule has 0 N–H and O–H groups in total. The average molecular weight is 276 g/mol. The van der Waals surface area contributed by atoms with Crippen LogP contribution >= 0.6 is 0 Å². The lowest BCUT2D eigenvalue weighted by Crippen LogP contribution is -1.96. The van der Waals surface area contributed by atoms with Crippen molar-refractivity contribution in [2.24, 2.45) is 0 Å². The van der Waals surface area contributed by atoms with Crippen LogP contribution in [0.4, 0.5) is 14.5 Å². The first kappa shape index (κ1) is 13.4. The lowest BCUT2D eigenvalue weighted by molar-refractivity contribution is -0.387. The Balaban J connectivity index is 2.37. The van der Waals surface area contributed by atoms with E-state index in [-0.39, 0.29) is 11.3 Å². The van der Waals surface area contributed by atoms with Crippen molar-refractivity contribution in [2.45, 2.75) is 0 Å². The number of halogens is 2. The topological polar surface area (TPSA) is 76.2 Å². The first-order chi connectivity index (χ1) is 9.51. The molecule has 2 rings (SSSR count). The molecule has 0 aliphatic heterocycles. The third-order valence-corrected chi connectivity index (χ3v) is 2.39. The molecule has 2 aromatic carbocycles. The van der Waals surface area contributed by atoms with Gasteiger partial charge in [-0.1, -0.05) is 6.07 Å². The van der Waals surface area contributed by atoms with Crippen molar-refractivity contribution in [3.63, 3.8) is 0 Å². The van der Waals surface area contributed by atoms with Gasteiger partial charge in [-0.15, -0.1) is 0 Å². The zero-order chi connectivity index (χ0) is 14.7. The highest BCUT2D eigenvalue weighted by molar-refractivity contribution is 5.43. The molecule has 0 saturated heterocycles. The molecular weight excluding hydrogens is 270 g/mol. The van der Waals surface area contributed by atoms with Gasteiger partial charge < -0.3 is 4.74 Å². The summed E-state index contributed by atoms with van der Waals surface area (Å²) >= 11 is 0. The molecule has 0 saturated carbocycles. The van der Waals surface area contributed by atoms with Gasteiger partial charge in [0, 0.05) is 6.07 Å². The number of nitro benzene ring substituents is 1. The Labute approximate surface area is 111 Å².